The van der Waals surface area contributed by atoms with Crippen LogP contribution in [0.1, 0.15) is 16.1 Å². The molecule has 0 aliphatic heterocycles. The van der Waals surface area contributed by atoms with Crippen molar-refractivity contribution in [2.45, 2.75) is 6.54 Å². The van der Waals surface area contributed by atoms with Crippen LogP contribution in [-0.4, -0.2) is 23.3 Å². The van der Waals surface area contributed by atoms with Crippen LogP contribution in [0, 0.1) is 0 Å². The van der Waals surface area contributed by atoms with E-state index in [0.717, 1.165) is 5.56 Å². The molecule has 0 saturated heterocycles. The molecule has 0 spiro atoms. The molecule has 0 unspecified atom stereocenters. The van der Waals surface area contributed by atoms with Crippen molar-refractivity contribution in [3.05, 3.63) is 59.9 Å². The van der Waals surface area contributed by atoms with E-state index in [2.05, 4.69) is 15.6 Å². The predicted octanol–water partition coefficient (Wildman–Crippen LogP) is 0.710. The zero-order valence-electron chi connectivity index (χ0n) is 11.4. The molecular weight excluding hydrogens is 268 g/mol. The summed E-state index contributed by atoms with van der Waals surface area (Å²) in [5.74, 6) is -0.674. The van der Waals surface area contributed by atoms with E-state index in [9.17, 15) is 9.59 Å². The number of carbonyl (C=O) groups is 2. The zero-order chi connectivity index (χ0) is 15.1. The van der Waals surface area contributed by atoms with Crippen LogP contribution in [0.4, 0.5) is 5.69 Å². The Morgan fingerprint density at radius 3 is 2.48 bits per heavy atom. The topological polar surface area (TPSA) is 97.1 Å². The molecule has 1 aromatic carbocycles. The molecule has 6 nitrogen and oxygen atoms in total. The number of nitrogen functional groups attached to an aromatic ring is 1. The van der Waals surface area contributed by atoms with Crippen molar-refractivity contribution in [3.8, 4) is 0 Å². The first-order valence-corrected chi connectivity index (χ1v) is 6.45. The summed E-state index contributed by atoms with van der Waals surface area (Å²) in [5.41, 5.74) is 7.18. The third-order valence-electron chi connectivity index (χ3n) is 2.76. The van der Waals surface area contributed by atoms with Crippen molar-refractivity contribution in [1.29, 1.82) is 0 Å². The maximum atomic E-state index is 11.7. The lowest BCUT2D eigenvalue weighted by atomic mass is 10.2. The molecule has 21 heavy (non-hydrogen) atoms. The molecule has 0 saturated carbocycles. The second-order valence-corrected chi connectivity index (χ2v) is 4.42. The molecule has 4 N–H and O–H groups in total. The average Bonchev–Trinajstić information content (AvgIpc) is 2.52. The summed E-state index contributed by atoms with van der Waals surface area (Å²) in [6.45, 7) is 0.327. The minimum atomic E-state index is -0.412. The number of anilines is 1. The molecule has 1 aromatic heterocycles. The Balaban J connectivity index is 1.76. The van der Waals surface area contributed by atoms with E-state index >= 15 is 0 Å². The van der Waals surface area contributed by atoms with Gasteiger partial charge in [-0.25, -0.2) is 4.98 Å². The number of nitrogens with two attached hydrogens (primary N) is 1. The van der Waals surface area contributed by atoms with Crippen molar-refractivity contribution < 1.29 is 9.59 Å². The van der Waals surface area contributed by atoms with Crippen molar-refractivity contribution in [2.24, 2.45) is 0 Å². The number of aromatic nitrogens is 1. The van der Waals surface area contributed by atoms with E-state index in [1.165, 1.54) is 12.3 Å². The number of benzene rings is 1. The van der Waals surface area contributed by atoms with Gasteiger partial charge in [-0.2, -0.15) is 0 Å². The Morgan fingerprint density at radius 2 is 1.81 bits per heavy atom. The predicted molar refractivity (Wildman–Crippen MR) is 79.3 cm³/mol. The highest BCUT2D eigenvalue weighted by Gasteiger charge is 2.08. The molecule has 0 atom stereocenters. The first-order valence-electron chi connectivity index (χ1n) is 6.45. The Hall–Kier alpha value is -2.89. The van der Waals surface area contributed by atoms with Gasteiger partial charge in [0.2, 0.25) is 5.91 Å². The highest BCUT2D eigenvalue weighted by Crippen LogP contribution is 2.00. The largest absolute Gasteiger partial charge is 0.397 e. The van der Waals surface area contributed by atoms with Crippen molar-refractivity contribution in [3.63, 3.8) is 0 Å². The van der Waals surface area contributed by atoms with Gasteiger partial charge in [0.15, 0.2) is 0 Å². The number of amides is 2. The number of nitrogens with one attached hydrogen (secondary N) is 2. The normalized spacial score (nSPS) is 9.90. The molecule has 2 amide bonds. The fraction of sp³-hybridized carbons (Fsp3) is 0.133. The van der Waals surface area contributed by atoms with Crippen LogP contribution in [0.3, 0.4) is 0 Å². The van der Waals surface area contributed by atoms with E-state index in [4.69, 9.17) is 5.73 Å². The van der Waals surface area contributed by atoms with Crippen LogP contribution in [-0.2, 0) is 11.3 Å². The summed E-state index contributed by atoms with van der Waals surface area (Å²) in [6, 6.07) is 12.6. The summed E-state index contributed by atoms with van der Waals surface area (Å²) in [7, 11) is 0. The quantitative estimate of drug-likeness (QED) is 0.753. The Bertz CT molecular complexity index is 611. The first-order chi connectivity index (χ1) is 10.1. The Labute approximate surface area is 122 Å². The first kappa shape index (κ1) is 14.5. The monoisotopic (exact) mass is 284 g/mol. The summed E-state index contributed by atoms with van der Waals surface area (Å²) >= 11 is 0. The number of pyridine rings is 1. The van der Waals surface area contributed by atoms with E-state index in [0.29, 0.717) is 12.2 Å². The molecular formula is C15H16N4O2. The fourth-order valence-electron chi connectivity index (χ4n) is 1.65. The van der Waals surface area contributed by atoms with Crippen LogP contribution in [0.25, 0.3) is 0 Å². The number of rotatable bonds is 5. The number of nitrogens with zero attached hydrogens (tertiary/aromatic N) is 1. The maximum Gasteiger partial charge on any atom is 0.270 e. The van der Waals surface area contributed by atoms with Gasteiger partial charge < -0.3 is 16.4 Å². The van der Waals surface area contributed by atoms with E-state index in [-0.39, 0.29) is 18.1 Å². The Morgan fingerprint density at radius 1 is 1.05 bits per heavy atom. The van der Waals surface area contributed by atoms with Crippen LogP contribution >= 0.6 is 0 Å². The smallest absolute Gasteiger partial charge is 0.270 e. The van der Waals surface area contributed by atoms with Crippen LogP contribution in [0.2, 0.25) is 0 Å². The van der Waals surface area contributed by atoms with Gasteiger partial charge in [0.05, 0.1) is 18.4 Å². The minimum absolute atomic E-state index is 0.0995. The molecule has 0 fully saturated rings. The maximum absolute atomic E-state index is 11.7. The molecule has 6 heteroatoms. The Kier molecular flexibility index (Phi) is 4.87. The summed E-state index contributed by atoms with van der Waals surface area (Å²) in [5, 5.41) is 5.22. The van der Waals surface area contributed by atoms with Gasteiger partial charge in [0.1, 0.15) is 5.69 Å². The minimum Gasteiger partial charge on any atom is -0.397 e. The summed E-state index contributed by atoms with van der Waals surface area (Å²) < 4.78 is 0. The van der Waals surface area contributed by atoms with Gasteiger partial charge >= 0.3 is 0 Å². The zero-order valence-corrected chi connectivity index (χ0v) is 11.4. The highest BCUT2D eigenvalue weighted by atomic mass is 16.2. The van der Waals surface area contributed by atoms with Crippen molar-refractivity contribution in [2.75, 3.05) is 12.3 Å². The molecule has 1 heterocycles. The number of carbonyl (C=O) groups excluding carboxylic acids is 2. The number of hydrogen-bond acceptors (Lipinski definition) is 4. The molecule has 2 rings (SSSR count). The van der Waals surface area contributed by atoms with Gasteiger partial charge in [-0.3, -0.25) is 9.59 Å². The lowest BCUT2D eigenvalue weighted by Gasteiger charge is -2.07. The molecule has 0 aliphatic carbocycles. The summed E-state index contributed by atoms with van der Waals surface area (Å²) in [4.78, 5) is 27.3. The van der Waals surface area contributed by atoms with Gasteiger partial charge in [0, 0.05) is 6.54 Å². The van der Waals surface area contributed by atoms with E-state index < -0.39 is 5.91 Å². The summed E-state index contributed by atoms with van der Waals surface area (Å²) in [6.07, 6.45) is 1.39. The van der Waals surface area contributed by atoms with Crippen LogP contribution < -0.4 is 16.4 Å². The fourth-order valence-corrected chi connectivity index (χ4v) is 1.65. The molecule has 108 valence electrons. The molecule has 0 aliphatic rings. The lowest BCUT2D eigenvalue weighted by Crippen LogP contribution is -2.36. The molecule has 0 bridgehead atoms. The second kappa shape index (κ2) is 7.04. The molecule has 2 aromatic rings. The number of hydrogen-bond donors (Lipinski definition) is 3. The average molecular weight is 284 g/mol. The highest BCUT2D eigenvalue weighted by molar-refractivity contribution is 5.94. The van der Waals surface area contributed by atoms with Crippen LogP contribution in [0.15, 0.2) is 48.7 Å². The van der Waals surface area contributed by atoms with Gasteiger partial charge in [0.25, 0.3) is 5.91 Å². The van der Waals surface area contributed by atoms with Gasteiger partial charge in [-0.15, -0.1) is 0 Å². The molecule has 0 radical (unpaired) electrons. The SMILES string of the molecule is Nc1ccc(C(=O)NCC(=O)NCc2ccccc2)nc1. The lowest BCUT2D eigenvalue weighted by molar-refractivity contribution is -0.120. The van der Waals surface area contributed by atoms with Crippen molar-refractivity contribution in [1.82, 2.24) is 15.6 Å². The second-order valence-electron chi connectivity index (χ2n) is 4.42. The van der Waals surface area contributed by atoms with Crippen molar-refractivity contribution >= 4 is 17.5 Å². The third kappa shape index (κ3) is 4.61. The van der Waals surface area contributed by atoms with Gasteiger partial charge in [-0.1, -0.05) is 30.3 Å². The van der Waals surface area contributed by atoms with E-state index in [1.54, 1.807) is 6.07 Å². The van der Waals surface area contributed by atoms with Crippen LogP contribution in [0.5, 0.6) is 0 Å². The van der Waals surface area contributed by atoms with Gasteiger partial charge in [-0.05, 0) is 17.7 Å². The van der Waals surface area contributed by atoms with E-state index in [1.807, 2.05) is 30.3 Å². The third-order valence-corrected chi connectivity index (χ3v) is 2.76. The standard InChI is InChI=1S/C15H16N4O2/c16-12-6-7-13(17-9-12)15(21)19-10-14(20)18-8-11-4-2-1-3-5-11/h1-7,9H,8,10,16H2,(H,18,20)(H,19,21).